The molecule has 0 radical (unpaired) electrons. The molecule has 1 amide bonds. The molecule has 0 bridgehead atoms. The van der Waals surface area contributed by atoms with E-state index in [2.05, 4.69) is 18.9 Å². The van der Waals surface area contributed by atoms with E-state index in [-0.39, 0.29) is 24.0 Å². The first-order valence-corrected chi connectivity index (χ1v) is 6.98. The summed E-state index contributed by atoms with van der Waals surface area (Å²) in [5, 5.41) is 4.39. The van der Waals surface area contributed by atoms with Crippen molar-refractivity contribution in [2.24, 2.45) is 12.8 Å². The second-order valence-electron chi connectivity index (χ2n) is 5.74. The third-order valence-electron chi connectivity index (χ3n) is 3.85. The first kappa shape index (κ1) is 14.1. The van der Waals surface area contributed by atoms with Crippen LogP contribution in [0.5, 0.6) is 0 Å². The summed E-state index contributed by atoms with van der Waals surface area (Å²) in [6.07, 6.45) is 4.35. The summed E-state index contributed by atoms with van der Waals surface area (Å²) in [5.41, 5.74) is 8.39. The average Bonchev–Trinajstić information content (AvgIpc) is 2.55. The SMILES string of the molecule is Cc1nn(C)cc1C1C(N)CCCC(=O)N1C(C)C. The van der Waals surface area contributed by atoms with E-state index in [0.29, 0.717) is 6.42 Å². The minimum absolute atomic E-state index is 0.0169. The van der Waals surface area contributed by atoms with Gasteiger partial charge in [-0.15, -0.1) is 0 Å². The standard InChI is InChI=1S/C14H24N4O/c1-9(2)18-13(19)7-5-6-12(15)14(18)11-8-17(4)16-10(11)3/h8-9,12,14H,5-7,15H2,1-4H3. The number of carbonyl (C=O) groups excluding carboxylic acids is 1. The van der Waals surface area contributed by atoms with E-state index in [9.17, 15) is 4.79 Å². The van der Waals surface area contributed by atoms with Gasteiger partial charge in [0.2, 0.25) is 5.91 Å². The number of likely N-dealkylation sites (tertiary alicyclic amines) is 1. The van der Waals surface area contributed by atoms with Gasteiger partial charge in [-0.25, -0.2) is 0 Å². The lowest BCUT2D eigenvalue weighted by Crippen LogP contribution is -2.45. The second-order valence-corrected chi connectivity index (χ2v) is 5.74. The summed E-state index contributed by atoms with van der Waals surface area (Å²) >= 11 is 0. The van der Waals surface area contributed by atoms with E-state index in [1.165, 1.54) is 0 Å². The molecule has 1 aromatic heterocycles. The molecule has 2 rings (SSSR count). The molecule has 5 nitrogen and oxygen atoms in total. The summed E-state index contributed by atoms with van der Waals surface area (Å²) in [6, 6.07) is 0.0849. The van der Waals surface area contributed by atoms with E-state index in [1.807, 2.05) is 25.1 Å². The molecule has 1 aliphatic rings. The zero-order valence-electron chi connectivity index (χ0n) is 12.3. The molecule has 1 aliphatic heterocycles. The molecule has 2 atom stereocenters. The van der Waals surface area contributed by atoms with Crippen LogP contribution in [0.1, 0.15) is 50.4 Å². The van der Waals surface area contributed by atoms with E-state index >= 15 is 0 Å². The molecule has 106 valence electrons. The average molecular weight is 264 g/mol. The Morgan fingerprint density at radius 2 is 2.16 bits per heavy atom. The van der Waals surface area contributed by atoms with Gasteiger partial charge in [-0.05, 0) is 33.6 Å². The maximum atomic E-state index is 12.3. The Kier molecular flexibility index (Phi) is 3.94. The van der Waals surface area contributed by atoms with Crippen molar-refractivity contribution in [2.45, 2.75) is 58.2 Å². The van der Waals surface area contributed by atoms with Gasteiger partial charge in [0.25, 0.3) is 0 Å². The van der Waals surface area contributed by atoms with Gasteiger partial charge >= 0.3 is 0 Å². The maximum Gasteiger partial charge on any atom is 0.223 e. The highest BCUT2D eigenvalue weighted by atomic mass is 16.2. The zero-order valence-corrected chi connectivity index (χ0v) is 12.3. The van der Waals surface area contributed by atoms with Crippen LogP contribution in [0.4, 0.5) is 0 Å². The molecule has 1 saturated heterocycles. The van der Waals surface area contributed by atoms with E-state index in [4.69, 9.17) is 5.73 Å². The third kappa shape index (κ3) is 2.66. The van der Waals surface area contributed by atoms with Gasteiger partial charge in [-0.2, -0.15) is 5.10 Å². The fourth-order valence-corrected chi connectivity index (χ4v) is 3.04. The van der Waals surface area contributed by atoms with Crippen LogP contribution in [0.2, 0.25) is 0 Å². The van der Waals surface area contributed by atoms with Gasteiger partial charge in [-0.1, -0.05) is 0 Å². The molecule has 2 unspecified atom stereocenters. The molecule has 2 heterocycles. The lowest BCUT2D eigenvalue weighted by atomic mass is 9.96. The molecular weight excluding hydrogens is 240 g/mol. The summed E-state index contributed by atoms with van der Waals surface area (Å²) in [5.74, 6) is 0.205. The minimum Gasteiger partial charge on any atom is -0.332 e. The first-order valence-electron chi connectivity index (χ1n) is 6.98. The molecule has 0 spiro atoms. The van der Waals surface area contributed by atoms with Crippen LogP contribution in [0.25, 0.3) is 0 Å². The number of nitrogens with two attached hydrogens (primary N) is 1. The Hall–Kier alpha value is -1.36. The lowest BCUT2D eigenvalue weighted by molar-refractivity contribution is -0.135. The Morgan fingerprint density at radius 1 is 1.47 bits per heavy atom. The Bertz CT molecular complexity index is 466. The number of rotatable bonds is 2. The van der Waals surface area contributed by atoms with Gasteiger partial charge < -0.3 is 10.6 Å². The molecule has 0 saturated carbocycles. The van der Waals surface area contributed by atoms with Crippen LogP contribution in [0.3, 0.4) is 0 Å². The fraction of sp³-hybridized carbons (Fsp3) is 0.714. The quantitative estimate of drug-likeness (QED) is 0.880. The number of aryl methyl sites for hydroxylation is 2. The molecule has 5 heteroatoms. The Labute approximate surface area is 114 Å². The monoisotopic (exact) mass is 264 g/mol. The van der Waals surface area contributed by atoms with Crippen LogP contribution < -0.4 is 5.73 Å². The van der Waals surface area contributed by atoms with Crippen molar-refractivity contribution < 1.29 is 4.79 Å². The maximum absolute atomic E-state index is 12.3. The normalized spacial score (nSPS) is 24.9. The molecule has 0 aliphatic carbocycles. The lowest BCUT2D eigenvalue weighted by Gasteiger charge is -2.36. The highest BCUT2D eigenvalue weighted by Crippen LogP contribution is 2.33. The number of amides is 1. The molecule has 0 aromatic carbocycles. The number of carbonyl (C=O) groups is 1. The summed E-state index contributed by atoms with van der Waals surface area (Å²) < 4.78 is 1.80. The predicted octanol–water partition coefficient (Wildman–Crippen LogP) is 1.52. The largest absolute Gasteiger partial charge is 0.332 e. The van der Waals surface area contributed by atoms with E-state index in [1.54, 1.807) is 4.68 Å². The van der Waals surface area contributed by atoms with Crippen molar-refractivity contribution in [3.05, 3.63) is 17.5 Å². The van der Waals surface area contributed by atoms with Crippen molar-refractivity contribution >= 4 is 5.91 Å². The van der Waals surface area contributed by atoms with Gasteiger partial charge in [0.15, 0.2) is 0 Å². The van der Waals surface area contributed by atoms with Crippen molar-refractivity contribution in [1.29, 1.82) is 0 Å². The van der Waals surface area contributed by atoms with Gasteiger partial charge in [0, 0.05) is 37.3 Å². The Morgan fingerprint density at radius 3 is 2.68 bits per heavy atom. The van der Waals surface area contributed by atoms with Crippen LogP contribution in [0.15, 0.2) is 6.20 Å². The van der Waals surface area contributed by atoms with Gasteiger partial charge in [0.1, 0.15) is 0 Å². The highest BCUT2D eigenvalue weighted by molar-refractivity contribution is 5.77. The Balaban J connectivity index is 2.46. The number of aromatic nitrogens is 2. The smallest absolute Gasteiger partial charge is 0.223 e. The van der Waals surface area contributed by atoms with Crippen LogP contribution in [-0.2, 0) is 11.8 Å². The second kappa shape index (κ2) is 5.33. The summed E-state index contributed by atoms with van der Waals surface area (Å²) in [7, 11) is 1.90. The van der Waals surface area contributed by atoms with Crippen LogP contribution in [0, 0.1) is 6.92 Å². The van der Waals surface area contributed by atoms with Crippen molar-refractivity contribution in [3.8, 4) is 0 Å². The number of nitrogens with zero attached hydrogens (tertiary/aromatic N) is 3. The van der Waals surface area contributed by atoms with Crippen LogP contribution in [-0.4, -0.2) is 32.7 Å². The number of hydrogen-bond donors (Lipinski definition) is 1. The van der Waals surface area contributed by atoms with Gasteiger partial charge in [-0.3, -0.25) is 9.48 Å². The summed E-state index contributed by atoms with van der Waals surface area (Å²) in [4.78, 5) is 14.3. The minimum atomic E-state index is -0.0521. The van der Waals surface area contributed by atoms with Crippen molar-refractivity contribution in [1.82, 2.24) is 14.7 Å². The van der Waals surface area contributed by atoms with Gasteiger partial charge in [0.05, 0.1) is 11.7 Å². The zero-order chi connectivity index (χ0) is 14.2. The predicted molar refractivity (Wildman–Crippen MR) is 74.5 cm³/mol. The van der Waals surface area contributed by atoms with Crippen LogP contribution >= 0.6 is 0 Å². The molecule has 1 fully saturated rings. The van der Waals surface area contributed by atoms with Crippen molar-refractivity contribution in [3.63, 3.8) is 0 Å². The first-order chi connectivity index (χ1) is 8.91. The third-order valence-corrected chi connectivity index (χ3v) is 3.85. The van der Waals surface area contributed by atoms with E-state index < -0.39 is 0 Å². The fourth-order valence-electron chi connectivity index (χ4n) is 3.04. The highest BCUT2D eigenvalue weighted by Gasteiger charge is 2.35. The molecule has 1 aromatic rings. The molecule has 19 heavy (non-hydrogen) atoms. The topological polar surface area (TPSA) is 64.2 Å². The van der Waals surface area contributed by atoms with E-state index in [0.717, 1.165) is 24.1 Å². The molecule has 2 N–H and O–H groups in total. The number of hydrogen-bond acceptors (Lipinski definition) is 3. The summed E-state index contributed by atoms with van der Waals surface area (Å²) in [6.45, 7) is 6.08. The van der Waals surface area contributed by atoms with Crippen molar-refractivity contribution in [2.75, 3.05) is 0 Å². The molecular formula is C14H24N4O.